The fraction of sp³-hybridized carbons (Fsp3) is 0.533. The lowest BCUT2D eigenvalue weighted by molar-refractivity contribution is 0.182. The van der Waals surface area contributed by atoms with Crippen LogP contribution in [0.4, 0.5) is 5.69 Å². The van der Waals surface area contributed by atoms with E-state index >= 15 is 0 Å². The van der Waals surface area contributed by atoms with Gasteiger partial charge in [0, 0.05) is 13.1 Å². The average molecular weight is 243 g/mol. The molecule has 0 radical (unpaired) electrons. The fourth-order valence-corrected chi connectivity index (χ4v) is 2.89. The zero-order valence-corrected chi connectivity index (χ0v) is 11.2. The van der Waals surface area contributed by atoms with Gasteiger partial charge in [-0.1, -0.05) is 26.0 Å². The van der Waals surface area contributed by atoms with Gasteiger partial charge in [-0.25, -0.2) is 0 Å². The van der Waals surface area contributed by atoms with Gasteiger partial charge in [0.2, 0.25) is 0 Å². The predicted molar refractivity (Wildman–Crippen MR) is 74.3 cm³/mol. The van der Waals surface area contributed by atoms with Crippen LogP contribution in [0.2, 0.25) is 0 Å². The molecule has 18 heavy (non-hydrogen) atoms. The third kappa shape index (κ3) is 2.34. The van der Waals surface area contributed by atoms with E-state index in [-0.39, 0.29) is 5.41 Å². The maximum atomic E-state index is 9.18. The number of rotatable bonds is 2. The Labute approximate surface area is 109 Å². The van der Waals surface area contributed by atoms with Crippen molar-refractivity contribution >= 4 is 5.69 Å². The Bertz CT molecular complexity index is 459. The van der Waals surface area contributed by atoms with Crippen molar-refractivity contribution in [3.05, 3.63) is 29.8 Å². The topological polar surface area (TPSA) is 53.0 Å². The van der Waals surface area contributed by atoms with E-state index in [1.165, 1.54) is 0 Å². The first kappa shape index (κ1) is 12.9. The second-order valence-electron chi connectivity index (χ2n) is 5.76. The van der Waals surface area contributed by atoms with E-state index < -0.39 is 0 Å². The predicted octanol–water partition coefficient (Wildman–Crippen LogP) is 2.37. The summed E-state index contributed by atoms with van der Waals surface area (Å²) >= 11 is 0. The van der Waals surface area contributed by atoms with E-state index in [4.69, 9.17) is 5.73 Å². The van der Waals surface area contributed by atoms with E-state index in [0.29, 0.717) is 5.92 Å². The highest BCUT2D eigenvalue weighted by molar-refractivity contribution is 5.59. The van der Waals surface area contributed by atoms with E-state index in [2.05, 4.69) is 24.8 Å². The van der Waals surface area contributed by atoms with Crippen LogP contribution >= 0.6 is 0 Å². The number of hydrogen-bond donors (Lipinski definition) is 1. The molecular formula is C15H21N3. The molecular weight excluding hydrogens is 222 g/mol. The molecule has 3 heteroatoms. The monoisotopic (exact) mass is 243 g/mol. The van der Waals surface area contributed by atoms with Crippen LogP contribution in [-0.4, -0.2) is 19.6 Å². The number of anilines is 1. The molecule has 1 aliphatic rings. The van der Waals surface area contributed by atoms with Crippen molar-refractivity contribution in [2.24, 2.45) is 17.1 Å². The minimum Gasteiger partial charge on any atom is -0.370 e. The van der Waals surface area contributed by atoms with Crippen LogP contribution in [-0.2, 0) is 0 Å². The molecule has 0 bridgehead atoms. The molecule has 1 atom stereocenters. The number of nitrogens with two attached hydrogens (primary N) is 1. The SMILES string of the molecule is CC1(C)CN(c2ccccc2C#N)CCC1CN. The summed E-state index contributed by atoms with van der Waals surface area (Å²) in [6.07, 6.45) is 1.10. The molecule has 0 saturated carbocycles. The molecule has 3 nitrogen and oxygen atoms in total. The van der Waals surface area contributed by atoms with Crippen molar-refractivity contribution in [3.63, 3.8) is 0 Å². The summed E-state index contributed by atoms with van der Waals surface area (Å²) in [5, 5.41) is 9.18. The maximum Gasteiger partial charge on any atom is 0.101 e. The third-order valence-corrected chi connectivity index (χ3v) is 4.10. The molecule has 2 rings (SSSR count). The van der Waals surface area contributed by atoms with E-state index in [1.54, 1.807) is 0 Å². The summed E-state index contributed by atoms with van der Waals surface area (Å²) in [4.78, 5) is 2.32. The molecule has 1 saturated heterocycles. The zero-order chi connectivity index (χ0) is 13.2. The van der Waals surface area contributed by atoms with E-state index in [9.17, 15) is 5.26 Å². The number of hydrogen-bond acceptors (Lipinski definition) is 3. The van der Waals surface area contributed by atoms with Crippen molar-refractivity contribution in [3.8, 4) is 6.07 Å². The lowest BCUT2D eigenvalue weighted by Gasteiger charge is -2.45. The summed E-state index contributed by atoms with van der Waals surface area (Å²) in [5.41, 5.74) is 7.87. The quantitative estimate of drug-likeness (QED) is 0.867. The minimum atomic E-state index is 0.204. The van der Waals surface area contributed by atoms with Gasteiger partial charge in [0.05, 0.1) is 11.3 Å². The molecule has 2 N–H and O–H groups in total. The summed E-state index contributed by atoms with van der Waals surface area (Å²) in [7, 11) is 0. The van der Waals surface area contributed by atoms with Gasteiger partial charge in [-0.3, -0.25) is 0 Å². The van der Waals surface area contributed by atoms with Crippen LogP contribution in [0.5, 0.6) is 0 Å². The Morgan fingerprint density at radius 3 is 2.78 bits per heavy atom. The number of benzene rings is 1. The lowest BCUT2D eigenvalue weighted by Crippen LogP contribution is -2.48. The lowest BCUT2D eigenvalue weighted by atomic mass is 9.74. The minimum absolute atomic E-state index is 0.204. The Hall–Kier alpha value is -1.53. The van der Waals surface area contributed by atoms with E-state index in [1.807, 2.05) is 24.3 Å². The molecule has 0 aromatic heterocycles. The highest BCUT2D eigenvalue weighted by Gasteiger charge is 2.35. The molecule has 0 amide bonds. The first-order valence-corrected chi connectivity index (χ1v) is 6.52. The highest BCUT2D eigenvalue weighted by Crippen LogP contribution is 2.36. The van der Waals surface area contributed by atoms with E-state index in [0.717, 1.165) is 37.3 Å². The fourth-order valence-electron chi connectivity index (χ4n) is 2.89. The van der Waals surface area contributed by atoms with Gasteiger partial charge in [-0.2, -0.15) is 5.26 Å². The first-order valence-electron chi connectivity index (χ1n) is 6.52. The third-order valence-electron chi connectivity index (χ3n) is 4.10. The normalized spacial score (nSPS) is 22.6. The molecule has 1 aliphatic heterocycles. The second-order valence-corrected chi connectivity index (χ2v) is 5.76. The molecule has 1 aromatic rings. The van der Waals surface area contributed by atoms with Crippen LogP contribution in [0.15, 0.2) is 24.3 Å². The standard InChI is InChI=1S/C15H21N3/c1-15(2)11-18(8-7-13(15)10-17)14-6-4-3-5-12(14)9-16/h3-6,13H,7-8,10-11,17H2,1-2H3. The van der Waals surface area contributed by atoms with Crippen LogP contribution in [0.1, 0.15) is 25.8 Å². The first-order chi connectivity index (χ1) is 8.58. The van der Waals surface area contributed by atoms with Crippen molar-refractivity contribution in [2.75, 3.05) is 24.5 Å². The van der Waals surface area contributed by atoms with Crippen molar-refractivity contribution < 1.29 is 0 Å². The van der Waals surface area contributed by atoms with Gasteiger partial charge in [0.25, 0.3) is 0 Å². The molecule has 1 aromatic carbocycles. The van der Waals surface area contributed by atoms with Crippen LogP contribution in [0.25, 0.3) is 0 Å². The molecule has 0 spiro atoms. The Morgan fingerprint density at radius 2 is 2.17 bits per heavy atom. The van der Waals surface area contributed by atoms with Gasteiger partial charge < -0.3 is 10.6 Å². The summed E-state index contributed by atoms with van der Waals surface area (Å²) in [6, 6.07) is 10.1. The Morgan fingerprint density at radius 1 is 1.44 bits per heavy atom. The maximum absolute atomic E-state index is 9.18. The number of para-hydroxylation sites is 1. The van der Waals surface area contributed by atoms with Crippen LogP contribution in [0, 0.1) is 22.7 Å². The van der Waals surface area contributed by atoms with Crippen LogP contribution in [0.3, 0.4) is 0 Å². The molecule has 96 valence electrons. The van der Waals surface area contributed by atoms with Gasteiger partial charge in [0.1, 0.15) is 6.07 Å². The summed E-state index contributed by atoms with van der Waals surface area (Å²) in [5.74, 6) is 0.572. The molecule has 1 heterocycles. The molecule has 1 unspecified atom stereocenters. The second kappa shape index (κ2) is 4.99. The Kier molecular flexibility index (Phi) is 3.58. The van der Waals surface area contributed by atoms with Gasteiger partial charge in [0.15, 0.2) is 0 Å². The Balaban J connectivity index is 2.24. The van der Waals surface area contributed by atoms with Crippen LogP contribution < -0.4 is 10.6 Å². The van der Waals surface area contributed by atoms with Crippen molar-refractivity contribution in [1.82, 2.24) is 0 Å². The van der Waals surface area contributed by atoms with Gasteiger partial charge >= 0.3 is 0 Å². The summed E-state index contributed by atoms with van der Waals surface area (Å²) in [6.45, 7) is 7.25. The van der Waals surface area contributed by atoms with Crippen molar-refractivity contribution in [2.45, 2.75) is 20.3 Å². The number of nitrogens with zero attached hydrogens (tertiary/aromatic N) is 2. The molecule has 1 fully saturated rings. The average Bonchev–Trinajstić information content (AvgIpc) is 2.37. The molecule has 0 aliphatic carbocycles. The zero-order valence-electron chi connectivity index (χ0n) is 11.2. The van der Waals surface area contributed by atoms with Crippen molar-refractivity contribution in [1.29, 1.82) is 5.26 Å². The van der Waals surface area contributed by atoms with Gasteiger partial charge in [-0.05, 0) is 36.4 Å². The summed E-state index contributed by atoms with van der Waals surface area (Å²) < 4.78 is 0. The number of nitriles is 1. The number of piperidine rings is 1. The largest absolute Gasteiger partial charge is 0.370 e. The highest BCUT2D eigenvalue weighted by atomic mass is 15.1. The smallest absolute Gasteiger partial charge is 0.101 e. The van der Waals surface area contributed by atoms with Gasteiger partial charge in [-0.15, -0.1) is 0 Å².